The molecule has 1 aromatic carbocycles. The minimum atomic E-state index is -0.0717. The molecular formula is C27H39N5O2S. The molecule has 1 saturated heterocycles. The molecule has 7 nitrogen and oxygen atoms in total. The highest BCUT2D eigenvalue weighted by atomic mass is 32.2. The molecule has 0 radical (unpaired) electrons. The van der Waals surface area contributed by atoms with Crippen LogP contribution in [0.4, 0.5) is 0 Å². The maximum atomic E-state index is 12.6. The fourth-order valence-corrected chi connectivity index (χ4v) is 5.35. The van der Waals surface area contributed by atoms with Crippen LogP contribution in [0, 0.1) is 5.92 Å². The van der Waals surface area contributed by atoms with Crippen LogP contribution in [0.15, 0.2) is 35.5 Å². The van der Waals surface area contributed by atoms with E-state index in [0.29, 0.717) is 11.5 Å². The number of fused-ring (bicyclic) bond motifs is 1. The number of nitrogens with one attached hydrogen (secondary N) is 1. The van der Waals surface area contributed by atoms with Crippen LogP contribution >= 0.6 is 11.9 Å². The number of benzene rings is 1. The second kappa shape index (κ2) is 11.2. The Hall–Kier alpha value is -2.32. The summed E-state index contributed by atoms with van der Waals surface area (Å²) >= 11 is 1.49. The van der Waals surface area contributed by atoms with Gasteiger partial charge in [-0.15, -0.1) is 0 Å². The number of hydrogen-bond acceptors (Lipinski definition) is 5. The third-order valence-corrected chi connectivity index (χ3v) is 7.41. The highest BCUT2D eigenvalue weighted by Crippen LogP contribution is 2.31. The van der Waals surface area contributed by atoms with Crippen molar-refractivity contribution in [2.45, 2.75) is 89.6 Å². The molecule has 8 heteroatoms. The van der Waals surface area contributed by atoms with Crippen LogP contribution < -0.4 is 5.32 Å². The number of ether oxygens (including phenoxy) is 1. The van der Waals surface area contributed by atoms with Gasteiger partial charge < -0.3 is 14.6 Å². The average molecular weight is 498 g/mol. The van der Waals surface area contributed by atoms with Crippen molar-refractivity contribution in [1.82, 2.24) is 24.1 Å². The van der Waals surface area contributed by atoms with Crippen LogP contribution in [0.25, 0.3) is 11.0 Å². The number of rotatable bonds is 9. The third kappa shape index (κ3) is 6.47. The Labute approximate surface area is 213 Å². The molecule has 1 fully saturated rings. The zero-order chi connectivity index (χ0) is 25.0. The summed E-state index contributed by atoms with van der Waals surface area (Å²) < 4.78 is 9.73. The summed E-state index contributed by atoms with van der Waals surface area (Å²) in [5.74, 6) is 1.67. The van der Waals surface area contributed by atoms with Crippen molar-refractivity contribution < 1.29 is 9.53 Å². The summed E-state index contributed by atoms with van der Waals surface area (Å²) in [6.07, 6.45) is 8.86. The lowest BCUT2D eigenvalue weighted by molar-refractivity contribution is 0.0611. The maximum absolute atomic E-state index is 12.6. The smallest absolute Gasteiger partial charge is 0.254 e. The molecule has 2 aromatic heterocycles. The molecule has 0 aliphatic carbocycles. The van der Waals surface area contributed by atoms with Gasteiger partial charge in [0.1, 0.15) is 5.82 Å². The molecule has 1 amide bonds. The van der Waals surface area contributed by atoms with E-state index in [1.165, 1.54) is 17.5 Å². The molecule has 1 unspecified atom stereocenters. The van der Waals surface area contributed by atoms with Crippen LogP contribution in [0.5, 0.6) is 0 Å². The van der Waals surface area contributed by atoms with E-state index in [1.54, 1.807) is 16.5 Å². The third-order valence-electron chi connectivity index (χ3n) is 6.56. The van der Waals surface area contributed by atoms with E-state index < -0.39 is 0 Å². The Balaban J connectivity index is 1.50. The van der Waals surface area contributed by atoms with Crippen molar-refractivity contribution in [3.63, 3.8) is 0 Å². The minimum absolute atomic E-state index is 0.0456. The topological polar surface area (TPSA) is 74.0 Å². The Kier molecular flexibility index (Phi) is 8.22. The van der Waals surface area contributed by atoms with E-state index in [4.69, 9.17) is 9.72 Å². The number of hydrogen-bond donors (Lipinski definition) is 1. The molecule has 3 aromatic rings. The van der Waals surface area contributed by atoms with Crippen LogP contribution in [0.3, 0.4) is 0 Å². The van der Waals surface area contributed by atoms with E-state index in [0.717, 1.165) is 68.1 Å². The Morgan fingerprint density at radius 2 is 2.06 bits per heavy atom. The number of amides is 1. The van der Waals surface area contributed by atoms with Gasteiger partial charge in [-0.2, -0.15) is 5.10 Å². The summed E-state index contributed by atoms with van der Waals surface area (Å²) in [4.78, 5) is 18.7. The van der Waals surface area contributed by atoms with Crippen molar-refractivity contribution in [1.29, 1.82) is 0 Å². The number of nitrogens with zero attached hydrogens (tertiary/aromatic N) is 4. The number of imidazole rings is 1. The van der Waals surface area contributed by atoms with E-state index in [1.807, 2.05) is 0 Å². The molecule has 0 bridgehead atoms. The number of unbranched alkanes of at least 4 members (excludes halogenated alkanes) is 1. The molecule has 3 heterocycles. The Bertz CT molecular complexity index is 1140. The Morgan fingerprint density at radius 1 is 1.29 bits per heavy atom. The van der Waals surface area contributed by atoms with Crippen LogP contribution in [0.2, 0.25) is 0 Å². The minimum Gasteiger partial charge on any atom is -0.381 e. The van der Waals surface area contributed by atoms with Gasteiger partial charge in [0.2, 0.25) is 0 Å². The zero-order valence-electron chi connectivity index (χ0n) is 21.7. The first-order valence-corrected chi connectivity index (χ1v) is 13.6. The number of aromatic nitrogens is 4. The van der Waals surface area contributed by atoms with Gasteiger partial charge in [-0.25, -0.2) is 9.07 Å². The van der Waals surface area contributed by atoms with Gasteiger partial charge in [0.25, 0.3) is 5.91 Å². The van der Waals surface area contributed by atoms with E-state index in [2.05, 4.69) is 67.8 Å². The molecule has 1 N–H and O–H groups in total. The average Bonchev–Trinajstić information content (AvgIpc) is 3.43. The molecule has 1 aliphatic heterocycles. The molecule has 0 saturated carbocycles. The number of carbonyl (C=O) groups excluding carboxylic acids is 1. The molecular weight excluding hydrogens is 458 g/mol. The largest absolute Gasteiger partial charge is 0.381 e. The molecule has 190 valence electrons. The van der Waals surface area contributed by atoms with Gasteiger partial charge in [-0.1, -0.05) is 40.5 Å². The summed E-state index contributed by atoms with van der Waals surface area (Å²) in [6.45, 7) is 13.6. The first kappa shape index (κ1) is 25.8. The molecule has 1 aliphatic rings. The van der Waals surface area contributed by atoms with Crippen molar-refractivity contribution in [3.8, 4) is 0 Å². The van der Waals surface area contributed by atoms with Gasteiger partial charge in [-0.05, 0) is 50.3 Å². The van der Waals surface area contributed by atoms with E-state index in [-0.39, 0.29) is 17.4 Å². The van der Waals surface area contributed by atoms with E-state index in [9.17, 15) is 4.79 Å². The molecule has 35 heavy (non-hydrogen) atoms. The predicted octanol–water partition coefficient (Wildman–Crippen LogP) is 5.82. The lowest BCUT2D eigenvalue weighted by Gasteiger charge is -2.26. The summed E-state index contributed by atoms with van der Waals surface area (Å²) in [7, 11) is 0. The molecule has 4 rings (SSSR count). The second-order valence-corrected chi connectivity index (χ2v) is 11.8. The van der Waals surface area contributed by atoms with Gasteiger partial charge in [0.05, 0.1) is 29.0 Å². The van der Waals surface area contributed by atoms with Gasteiger partial charge in [0.15, 0.2) is 0 Å². The SMILES string of the molecule is CCCCC(C)NC(=O)c1cnn(Sc2ccc3c(c2)nc(C(C)(C)C)n3CC2CCOCC2)c1. The zero-order valence-corrected chi connectivity index (χ0v) is 22.5. The maximum Gasteiger partial charge on any atom is 0.254 e. The standard InChI is InChI=1S/C27H39N5O2S/c1-6-7-8-19(2)29-25(33)21-16-28-32(18-21)35-22-9-10-24-23(15-22)30-26(27(3,4)5)31(24)17-20-11-13-34-14-12-20/h9-10,15-16,18-20H,6-8,11-14,17H2,1-5H3,(H,29,33). The summed E-state index contributed by atoms with van der Waals surface area (Å²) in [5, 5.41) is 7.47. The molecule has 1 atom stereocenters. The second-order valence-electron chi connectivity index (χ2n) is 10.7. The first-order valence-electron chi connectivity index (χ1n) is 12.9. The molecule has 0 spiro atoms. The summed E-state index contributed by atoms with van der Waals surface area (Å²) in [6, 6.07) is 6.58. The fourth-order valence-electron chi connectivity index (χ4n) is 4.58. The quantitative estimate of drug-likeness (QED) is 0.403. The van der Waals surface area contributed by atoms with E-state index >= 15 is 0 Å². The van der Waals surface area contributed by atoms with Crippen molar-refractivity contribution in [2.24, 2.45) is 5.92 Å². The van der Waals surface area contributed by atoms with Gasteiger partial charge in [0, 0.05) is 48.1 Å². The summed E-state index contributed by atoms with van der Waals surface area (Å²) in [5.41, 5.74) is 2.71. The van der Waals surface area contributed by atoms with Crippen molar-refractivity contribution in [3.05, 3.63) is 42.0 Å². The lowest BCUT2D eigenvalue weighted by atomic mass is 9.94. The fraction of sp³-hybridized carbons (Fsp3) is 0.593. The normalized spacial score (nSPS) is 16.0. The van der Waals surface area contributed by atoms with Crippen LogP contribution in [0.1, 0.15) is 82.9 Å². The highest BCUT2D eigenvalue weighted by molar-refractivity contribution is 7.97. The first-order chi connectivity index (χ1) is 16.7. The predicted molar refractivity (Wildman–Crippen MR) is 142 cm³/mol. The lowest BCUT2D eigenvalue weighted by Crippen LogP contribution is -2.32. The highest BCUT2D eigenvalue weighted by Gasteiger charge is 2.25. The van der Waals surface area contributed by atoms with Crippen LogP contribution in [-0.2, 0) is 16.7 Å². The van der Waals surface area contributed by atoms with Gasteiger partial charge in [-0.3, -0.25) is 4.79 Å². The van der Waals surface area contributed by atoms with Gasteiger partial charge >= 0.3 is 0 Å². The number of carbonyl (C=O) groups is 1. The monoisotopic (exact) mass is 497 g/mol. The Morgan fingerprint density at radius 3 is 2.77 bits per heavy atom. The van der Waals surface area contributed by atoms with Crippen LogP contribution in [-0.4, -0.2) is 43.9 Å². The van der Waals surface area contributed by atoms with Crippen molar-refractivity contribution >= 4 is 28.9 Å². The van der Waals surface area contributed by atoms with Crippen molar-refractivity contribution in [2.75, 3.05) is 13.2 Å².